The number of nitrogens with one attached hydrogen (secondary N) is 1. The first-order valence-electron chi connectivity index (χ1n) is 7.41. The zero-order chi connectivity index (χ0) is 14.7. The van der Waals surface area contributed by atoms with Gasteiger partial charge in [-0.25, -0.2) is 4.98 Å². The maximum absolute atomic E-state index is 9.30. The van der Waals surface area contributed by atoms with Crippen molar-refractivity contribution in [2.24, 2.45) is 0 Å². The summed E-state index contributed by atoms with van der Waals surface area (Å²) in [5.74, 6) is 0.686. The Kier molecular flexibility index (Phi) is 3.83. The molecule has 0 atom stereocenters. The fourth-order valence-corrected chi connectivity index (χ4v) is 2.81. The first-order valence-corrected chi connectivity index (χ1v) is 7.41. The molecule has 0 amide bonds. The minimum Gasteiger partial charge on any atom is -0.363 e. The molecule has 0 radical (unpaired) electrons. The van der Waals surface area contributed by atoms with Gasteiger partial charge in [0.1, 0.15) is 11.9 Å². The Morgan fingerprint density at radius 1 is 1.38 bits per heavy atom. The zero-order valence-electron chi connectivity index (χ0n) is 12.2. The van der Waals surface area contributed by atoms with Crippen molar-refractivity contribution in [3.05, 3.63) is 52.5 Å². The van der Waals surface area contributed by atoms with E-state index in [2.05, 4.69) is 34.3 Å². The van der Waals surface area contributed by atoms with Gasteiger partial charge in [0.15, 0.2) is 0 Å². The maximum atomic E-state index is 9.30. The Morgan fingerprint density at radius 2 is 2.29 bits per heavy atom. The molecule has 0 aromatic carbocycles. The van der Waals surface area contributed by atoms with Crippen molar-refractivity contribution < 1.29 is 0 Å². The first-order chi connectivity index (χ1) is 10.3. The summed E-state index contributed by atoms with van der Waals surface area (Å²) >= 11 is 0. The number of rotatable bonds is 4. The molecule has 1 aliphatic carbocycles. The second-order valence-electron chi connectivity index (χ2n) is 5.27. The number of nitrogens with zero attached hydrogens (tertiary/aromatic N) is 3. The number of aryl methyl sites for hydroxylation is 3. The highest BCUT2D eigenvalue weighted by molar-refractivity contribution is 5.55. The summed E-state index contributed by atoms with van der Waals surface area (Å²) in [5, 5.41) is 12.6. The van der Waals surface area contributed by atoms with Gasteiger partial charge in [0.2, 0.25) is 0 Å². The molecule has 4 nitrogen and oxygen atoms in total. The van der Waals surface area contributed by atoms with Gasteiger partial charge in [0.25, 0.3) is 0 Å². The van der Waals surface area contributed by atoms with E-state index in [0.29, 0.717) is 17.9 Å². The molecule has 3 rings (SSSR count). The van der Waals surface area contributed by atoms with Crippen molar-refractivity contribution in [3.8, 4) is 6.07 Å². The van der Waals surface area contributed by atoms with Gasteiger partial charge in [-0.2, -0.15) is 5.26 Å². The van der Waals surface area contributed by atoms with Gasteiger partial charge in [0.05, 0.1) is 17.8 Å². The van der Waals surface area contributed by atoms with Crippen LogP contribution in [0.25, 0.3) is 0 Å². The monoisotopic (exact) mass is 278 g/mol. The molecular weight excluding hydrogens is 260 g/mol. The SMILES string of the molecule is CCc1cccnc1CNc1nc2c(cc1C#N)CCC2. The van der Waals surface area contributed by atoms with Crippen LogP contribution in [0, 0.1) is 11.3 Å². The summed E-state index contributed by atoms with van der Waals surface area (Å²) in [6.45, 7) is 2.72. The van der Waals surface area contributed by atoms with Crippen molar-refractivity contribution in [1.29, 1.82) is 5.26 Å². The molecule has 0 saturated heterocycles. The zero-order valence-corrected chi connectivity index (χ0v) is 12.2. The Balaban J connectivity index is 1.84. The van der Waals surface area contributed by atoms with E-state index in [-0.39, 0.29) is 0 Å². The molecule has 0 fully saturated rings. The van der Waals surface area contributed by atoms with Gasteiger partial charge >= 0.3 is 0 Å². The largest absolute Gasteiger partial charge is 0.363 e. The third kappa shape index (κ3) is 2.73. The second-order valence-corrected chi connectivity index (χ2v) is 5.27. The van der Waals surface area contributed by atoms with Crippen LogP contribution in [0.1, 0.15) is 41.4 Å². The Labute approximate surface area is 124 Å². The first kappa shape index (κ1) is 13.6. The highest BCUT2D eigenvalue weighted by Gasteiger charge is 2.16. The highest BCUT2D eigenvalue weighted by atomic mass is 15.0. The molecule has 2 heterocycles. The molecule has 1 N–H and O–H groups in total. The second kappa shape index (κ2) is 5.92. The van der Waals surface area contributed by atoms with E-state index in [1.807, 2.05) is 12.1 Å². The van der Waals surface area contributed by atoms with Gasteiger partial charge < -0.3 is 5.32 Å². The Morgan fingerprint density at radius 3 is 3.10 bits per heavy atom. The lowest BCUT2D eigenvalue weighted by Gasteiger charge is -2.11. The van der Waals surface area contributed by atoms with Crippen LogP contribution in [0.3, 0.4) is 0 Å². The highest BCUT2D eigenvalue weighted by Crippen LogP contribution is 2.25. The van der Waals surface area contributed by atoms with Crippen LogP contribution < -0.4 is 5.32 Å². The van der Waals surface area contributed by atoms with Crippen molar-refractivity contribution in [2.45, 2.75) is 39.2 Å². The number of pyridine rings is 2. The fourth-order valence-electron chi connectivity index (χ4n) is 2.81. The standard InChI is InChI=1S/C17H18N4/c1-2-12-6-4-8-19-16(12)11-20-17-14(10-18)9-13-5-3-7-15(13)21-17/h4,6,8-9H,2-3,5,7,11H2,1H3,(H,20,21). The van der Waals surface area contributed by atoms with Gasteiger partial charge in [-0.05, 0) is 48.9 Å². The lowest BCUT2D eigenvalue weighted by atomic mass is 10.1. The molecule has 0 bridgehead atoms. The molecule has 106 valence electrons. The van der Waals surface area contributed by atoms with E-state index in [9.17, 15) is 5.26 Å². The number of fused-ring (bicyclic) bond motifs is 1. The smallest absolute Gasteiger partial charge is 0.144 e. The lowest BCUT2D eigenvalue weighted by Crippen LogP contribution is -2.08. The quantitative estimate of drug-likeness (QED) is 0.934. The summed E-state index contributed by atoms with van der Waals surface area (Å²) in [7, 11) is 0. The Hall–Kier alpha value is -2.41. The molecule has 2 aromatic heterocycles. The summed E-state index contributed by atoms with van der Waals surface area (Å²) in [6.07, 6.45) is 5.94. The summed E-state index contributed by atoms with van der Waals surface area (Å²) < 4.78 is 0. The number of anilines is 1. The van der Waals surface area contributed by atoms with Crippen molar-refractivity contribution in [2.75, 3.05) is 5.32 Å². The van der Waals surface area contributed by atoms with Gasteiger partial charge in [-0.1, -0.05) is 13.0 Å². The predicted octanol–water partition coefficient (Wildman–Crippen LogP) is 3.01. The maximum Gasteiger partial charge on any atom is 0.144 e. The number of hydrogen-bond donors (Lipinski definition) is 1. The van der Waals surface area contributed by atoms with E-state index >= 15 is 0 Å². The van der Waals surface area contributed by atoms with Crippen molar-refractivity contribution in [1.82, 2.24) is 9.97 Å². The molecule has 21 heavy (non-hydrogen) atoms. The van der Waals surface area contributed by atoms with E-state index in [4.69, 9.17) is 0 Å². The summed E-state index contributed by atoms with van der Waals surface area (Å²) in [6, 6.07) is 8.27. The van der Waals surface area contributed by atoms with Crippen LogP contribution in [-0.4, -0.2) is 9.97 Å². The third-order valence-corrected chi connectivity index (χ3v) is 3.96. The lowest BCUT2D eigenvalue weighted by molar-refractivity contribution is 0.898. The van der Waals surface area contributed by atoms with Crippen LogP contribution in [0.5, 0.6) is 0 Å². The van der Waals surface area contributed by atoms with Gasteiger partial charge in [-0.15, -0.1) is 0 Å². The molecule has 0 saturated carbocycles. The molecule has 4 heteroatoms. The minimum absolute atomic E-state index is 0.602. The number of aromatic nitrogens is 2. The van der Waals surface area contributed by atoms with E-state index in [1.165, 1.54) is 11.1 Å². The Bertz CT molecular complexity index is 700. The average molecular weight is 278 g/mol. The average Bonchev–Trinajstić information content (AvgIpc) is 2.99. The predicted molar refractivity (Wildman–Crippen MR) is 81.9 cm³/mol. The molecule has 2 aromatic rings. The molecule has 0 spiro atoms. The summed E-state index contributed by atoms with van der Waals surface area (Å²) in [4.78, 5) is 9.05. The van der Waals surface area contributed by atoms with E-state index in [0.717, 1.165) is 37.1 Å². The normalized spacial score (nSPS) is 12.8. The van der Waals surface area contributed by atoms with Crippen molar-refractivity contribution >= 4 is 5.82 Å². The summed E-state index contributed by atoms with van der Waals surface area (Å²) in [5.41, 5.74) is 5.23. The minimum atomic E-state index is 0.602. The molecule has 0 aliphatic heterocycles. The van der Waals surface area contributed by atoms with Crippen LogP contribution in [0.2, 0.25) is 0 Å². The number of nitriles is 1. The van der Waals surface area contributed by atoms with Crippen LogP contribution in [0.4, 0.5) is 5.82 Å². The van der Waals surface area contributed by atoms with Crippen LogP contribution in [-0.2, 0) is 25.8 Å². The molecule has 0 unspecified atom stereocenters. The third-order valence-electron chi connectivity index (χ3n) is 3.96. The van der Waals surface area contributed by atoms with Crippen LogP contribution >= 0.6 is 0 Å². The van der Waals surface area contributed by atoms with Gasteiger partial charge in [-0.3, -0.25) is 4.98 Å². The van der Waals surface area contributed by atoms with Gasteiger partial charge in [0, 0.05) is 11.9 Å². The van der Waals surface area contributed by atoms with E-state index in [1.54, 1.807) is 6.20 Å². The van der Waals surface area contributed by atoms with E-state index < -0.39 is 0 Å². The fraction of sp³-hybridized carbons (Fsp3) is 0.353. The number of hydrogen-bond acceptors (Lipinski definition) is 4. The molecule has 1 aliphatic rings. The van der Waals surface area contributed by atoms with Crippen molar-refractivity contribution in [3.63, 3.8) is 0 Å². The topological polar surface area (TPSA) is 61.6 Å². The molecular formula is C17H18N4. The van der Waals surface area contributed by atoms with Crippen LogP contribution in [0.15, 0.2) is 24.4 Å².